The summed E-state index contributed by atoms with van der Waals surface area (Å²) in [6, 6.07) is 2.72. The lowest BCUT2D eigenvalue weighted by molar-refractivity contribution is -0.144. The molecule has 1 fully saturated rings. The topological polar surface area (TPSA) is 92.7 Å². The fourth-order valence-electron chi connectivity index (χ4n) is 1.95. The van der Waals surface area contributed by atoms with Crippen molar-refractivity contribution in [2.24, 2.45) is 0 Å². The molecule has 0 bridgehead atoms. The van der Waals surface area contributed by atoms with Crippen molar-refractivity contribution in [3.8, 4) is 0 Å². The van der Waals surface area contributed by atoms with Crippen LogP contribution in [0.4, 0.5) is 0 Å². The lowest BCUT2D eigenvalue weighted by Gasteiger charge is -2.24. The second kappa shape index (κ2) is 6.02. The average Bonchev–Trinajstić information content (AvgIpc) is 2.75. The molecule has 2 N–H and O–H groups in total. The van der Waals surface area contributed by atoms with Gasteiger partial charge in [-0.1, -0.05) is 39.1 Å². The van der Waals surface area contributed by atoms with Gasteiger partial charge in [0.2, 0.25) is 10.0 Å². The Morgan fingerprint density at radius 2 is 1.95 bits per heavy atom. The smallest absolute Gasteiger partial charge is 0.327 e. The fraction of sp³-hybridized carbons (Fsp3) is 0.364. The van der Waals surface area contributed by atoms with Crippen LogP contribution in [0.15, 0.2) is 21.5 Å². The van der Waals surface area contributed by atoms with Crippen LogP contribution in [0.25, 0.3) is 0 Å². The van der Waals surface area contributed by atoms with E-state index < -0.39 is 21.5 Å². The van der Waals surface area contributed by atoms with Gasteiger partial charge in [-0.25, -0.2) is 8.42 Å². The van der Waals surface area contributed by atoms with Crippen molar-refractivity contribution < 1.29 is 23.1 Å². The van der Waals surface area contributed by atoms with E-state index in [0.29, 0.717) is 4.47 Å². The number of sulfonamides is 1. The summed E-state index contributed by atoms with van der Waals surface area (Å²) < 4.78 is 32.5. The van der Waals surface area contributed by atoms with Crippen molar-refractivity contribution in [3.05, 3.63) is 26.7 Å². The molecule has 2 rings (SSSR count). The van der Waals surface area contributed by atoms with Gasteiger partial charge in [-0.05, 0) is 12.1 Å². The first-order chi connectivity index (χ1) is 9.68. The summed E-state index contributed by atoms with van der Waals surface area (Å²) in [6.07, 6.45) is 0.0212. The number of carbonyl (C=O) groups is 1. The van der Waals surface area contributed by atoms with E-state index in [1.165, 1.54) is 12.1 Å². The van der Waals surface area contributed by atoms with E-state index in [9.17, 15) is 18.3 Å². The van der Waals surface area contributed by atoms with Crippen LogP contribution in [0.1, 0.15) is 6.42 Å². The molecule has 0 spiro atoms. The van der Waals surface area contributed by atoms with E-state index in [-0.39, 0.29) is 34.6 Å². The molecule has 0 aliphatic carbocycles. The minimum Gasteiger partial charge on any atom is -0.480 e. The maximum atomic E-state index is 12.4. The largest absolute Gasteiger partial charge is 0.480 e. The molecule has 21 heavy (non-hydrogen) atoms. The van der Waals surface area contributed by atoms with Crippen LogP contribution in [-0.4, -0.2) is 38.2 Å². The highest BCUT2D eigenvalue weighted by Gasteiger charge is 2.46. The van der Waals surface area contributed by atoms with Gasteiger partial charge in [0, 0.05) is 17.5 Å². The number of benzene rings is 1. The van der Waals surface area contributed by atoms with E-state index in [2.05, 4.69) is 20.7 Å². The standard InChI is InChI=1S/C11H10BrCl2NO5S/c12-6-3-7(13)9(8(14)4-6)21(18,19)15-11(10(16)17)1-2-20-5-11/h3-4,15H,1-2,5H2,(H,16,17). The Bertz CT molecular complexity index is 665. The first-order valence-corrected chi connectivity index (χ1v) is 8.71. The summed E-state index contributed by atoms with van der Waals surface area (Å²) in [5.41, 5.74) is -1.71. The van der Waals surface area contributed by atoms with Crippen molar-refractivity contribution in [3.63, 3.8) is 0 Å². The molecule has 1 aliphatic heterocycles. The summed E-state index contributed by atoms with van der Waals surface area (Å²) in [7, 11) is -4.22. The zero-order chi connectivity index (χ0) is 15.8. The first kappa shape index (κ1) is 17.0. The molecule has 116 valence electrons. The van der Waals surface area contributed by atoms with Gasteiger partial charge in [0.1, 0.15) is 4.90 Å². The van der Waals surface area contributed by atoms with Crippen molar-refractivity contribution in [2.75, 3.05) is 13.2 Å². The molecular formula is C11H10BrCl2NO5S. The molecule has 0 radical (unpaired) electrons. The molecule has 1 unspecified atom stereocenters. The summed E-state index contributed by atoms with van der Waals surface area (Å²) in [4.78, 5) is 11.0. The lowest BCUT2D eigenvalue weighted by Crippen LogP contribution is -2.55. The quantitative estimate of drug-likeness (QED) is 0.782. The minimum absolute atomic E-state index is 0.0212. The number of carboxylic acid groups (broad SMARTS) is 1. The number of halogens is 3. The van der Waals surface area contributed by atoms with Crippen molar-refractivity contribution >= 4 is 55.1 Å². The zero-order valence-electron chi connectivity index (χ0n) is 10.4. The highest BCUT2D eigenvalue weighted by molar-refractivity contribution is 9.10. The van der Waals surface area contributed by atoms with E-state index in [0.717, 1.165) is 0 Å². The molecule has 1 aromatic carbocycles. The average molecular weight is 419 g/mol. The van der Waals surface area contributed by atoms with Crippen LogP contribution < -0.4 is 4.72 Å². The van der Waals surface area contributed by atoms with Crippen LogP contribution >= 0.6 is 39.1 Å². The Morgan fingerprint density at radius 1 is 1.38 bits per heavy atom. The highest BCUT2D eigenvalue weighted by atomic mass is 79.9. The second-order valence-corrected chi connectivity index (χ2v) is 7.84. The predicted octanol–water partition coefficient (Wildman–Crippen LogP) is 2.28. The van der Waals surface area contributed by atoms with Crippen LogP contribution in [0, 0.1) is 0 Å². The molecule has 0 aromatic heterocycles. The summed E-state index contributed by atoms with van der Waals surface area (Å²) >= 11 is 15.0. The van der Waals surface area contributed by atoms with Gasteiger partial charge in [-0.2, -0.15) is 4.72 Å². The maximum Gasteiger partial charge on any atom is 0.327 e. The van der Waals surface area contributed by atoms with E-state index in [1.807, 2.05) is 0 Å². The Morgan fingerprint density at radius 3 is 2.38 bits per heavy atom. The first-order valence-electron chi connectivity index (χ1n) is 5.68. The molecule has 0 amide bonds. The highest BCUT2D eigenvalue weighted by Crippen LogP contribution is 2.34. The molecule has 1 aliphatic rings. The molecule has 1 atom stereocenters. The summed E-state index contributed by atoms with van der Waals surface area (Å²) in [5.74, 6) is -1.31. The van der Waals surface area contributed by atoms with Gasteiger partial charge >= 0.3 is 5.97 Å². The third-order valence-electron chi connectivity index (χ3n) is 2.99. The van der Waals surface area contributed by atoms with Crippen LogP contribution in [0.3, 0.4) is 0 Å². The third-order valence-corrected chi connectivity index (χ3v) is 5.91. The van der Waals surface area contributed by atoms with Gasteiger partial charge < -0.3 is 9.84 Å². The minimum atomic E-state index is -4.22. The summed E-state index contributed by atoms with van der Waals surface area (Å²) in [6.45, 7) is -0.107. The van der Waals surface area contributed by atoms with Crippen LogP contribution in [-0.2, 0) is 19.6 Å². The van der Waals surface area contributed by atoms with Gasteiger partial charge in [-0.3, -0.25) is 4.79 Å². The number of aliphatic carboxylic acids is 1. The second-order valence-electron chi connectivity index (χ2n) is 4.49. The number of ether oxygens (including phenoxy) is 1. The SMILES string of the molecule is O=C(O)C1(NS(=O)(=O)c2c(Cl)cc(Br)cc2Cl)CCOC1. The molecule has 10 heteroatoms. The number of hydrogen-bond donors (Lipinski definition) is 2. The number of carboxylic acids is 1. The predicted molar refractivity (Wildman–Crippen MR) is 80.3 cm³/mol. The van der Waals surface area contributed by atoms with Crippen molar-refractivity contribution in [1.82, 2.24) is 4.72 Å². The van der Waals surface area contributed by atoms with Crippen molar-refractivity contribution in [2.45, 2.75) is 16.9 Å². The number of nitrogens with one attached hydrogen (secondary N) is 1. The zero-order valence-corrected chi connectivity index (χ0v) is 14.3. The Labute approximate surface area is 139 Å². The van der Waals surface area contributed by atoms with E-state index in [4.69, 9.17) is 27.9 Å². The molecule has 1 saturated heterocycles. The van der Waals surface area contributed by atoms with Gasteiger partial charge in [-0.15, -0.1) is 0 Å². The number of hydrogen-bond acceptors (Lipinski definition) is 4. The lowest BCUT2D eigenvalue weighted by atomic mass is 10.0. The molecule has 6 nitrogen and oxygen atoms in total. The molecular weight excluding hydrogens is 409 g/mol. The van der Waals surface area contributed by atoms with Gasteiger partial charge in [0.25, 0.3) is 0 Å². The molecule has 1 heterocycles. The normalized spacial score (nSPS) is 22.4. The monoisotopic (exact) mass is 417 g/mol. The van der Waals surface area contributed by atoms with E-state index in [1.54, 1.807) is 0 Å². The maximum absolute atomic E-state index is 12.4. The Kier molecular flexibility index (Phi) is 4.87. The van der Waals surface area contributed by atoms with Gasteiger partial charge in [0.05, 0.1) is 16.7 Å². The Balaban J connectivity index is 2.46. The summed E-state index contributed by atoms with van der Waals surface area (Å²) in [5, 5.41) is 9.06. The third kappa shape index (κ3) is 3.35. The molecule has 0 saturated carbocycles. The van der Waals surface area contributed by atoms with E-state index >= 15 is 0 Å². The molecule has 1 aromatic rings. The fourth-order valence-corrected chi connectivity index (χ4v) is 5.27. The number of rotatable bonds is 4. The van der Waals surface area contributed by atoms with Crippen LogP contribution in [0.5, 0.6) is 0 Å². The van der Waals surface area contributed by atoms with Gasteiger partial charge in [0.15, 0.2) is 5.54 Å². The Hall–Kier alpha value is -0.380. The van der Waals surface area contributed by atoms with Crippen molar-refractivity contribution in [1.29, 1.82) is 0 Å². The van der Waals surface area contributed by atoms with Crippen LogP contribution in [0.2, 0.25) is 10.0 Å².